The maximum Gasteiger partial charge on any atom is 0.573 e. The summed E-state index contributed by atoms with van der Waals surface area (Å²) in [6.07, 6.45) is -1.81. The summed E-state index contributed by atoms with van der Waals surface area (Å²) in [5, 5.41) is 0. The molecule has 0 unspecified atom stereocenters. The van der Waals surface area contributed by atoms with Crippen molar-refractivity contribution >= 4 is 28.3 Å². The minimum atomic E-state index is -4.81. The lowest BCUT2D eigenvalue weighted by atomic mass is 10.0. The van der Waals surface area contributed by atoms with E-state index in [0.29, 0.717) is 16.6 Å². The number of nitrogens with two attached hydrogens (primary N) is 1. The van der Waals surface area contributed by atoms with Crippen molar-refractivity contribution < 1.29 is 31.8 Å². The molecule has 3 heterocycles. The van der Waals surface area contributed by atoms with Crippen molar-refractivity contribution in [1.29, 1.82) is 0 Å². The zero-order valence-corrected chi connectivity index (χ0v) is 17.4. The van der Waals surface area contributed by atoms with Crippen molar-refractivity contribution in [3.8, 4) is 5.75 Å². The van der Waals surface area contributed by atoms with Gasteiger partial charge in [0, 0.05) is 12.6 Å². The Morgan fingerprint density at radius 3 is 2.68 bits per heavy atom. The van der Waals surface area contributed by atoms with Gasteiger partial charge in [0.15, 0.2) is 0 Å². The summed E-state index contributed by atoms with van der Waals surface area (Å²) in [7, 11) is 0. The van der Waals surface area contributed by atoms with Crippen LogP contribution in [-0.2, 0) is 4.74 Å². The van der Waals surface area contributed by atoms with Crippen LogP contribution >= 0.6 is 0 Å². The first-order valence-corrected chi connectivity index (χ1v) is 10.2. The maximum atomic E-state index is 15.0. The smallest absolute Gasteiger partial charge is 0.406 e. The van der Waals surface area contributed by atoms with Crippen molar-refractivity contribution in [3.63, 3.8) is 0 Å². The van der Waals surface area contributed by atoms with Crippen molar-refractivity contribution in [2.24, 2.45) is 0 Å². The molecule has 4 aromatic rings. The van der Waals surface area contributed by atoms with Gasteiger partial charge in [-0.25, -0.2) is 14.4 Å². The van der Waals surface area contributed by atoms with Gasteiger partial charge in [-0.3, -0.25) is 9.20 Å². The van der Waals surface area contributed by atoms with Gasteiger partial charge in [-0.2, -0.15) is 0 Å². The summed E-state index contributed by atoms with van der Waals surface area (Å²) in [6.45, 7) is 0.503. The number of halogens is 4. The second-order valence-electron chi connectivity index (χ2n) is 7.67. The number of benzene rings is 2. The topological polar surface area (TPSA) is 95.0 Å². The number of nitrogens with zero attached hydrogens (tertiary/aromatic N) is 4. The molecule has 1 aliphatic rings. The number of ether oxygens (including phenoxy) is 2. The first kappa shape index (κ1) is 21.9. The van der Waals surface area contributed by atoms with Crippen LogP contribution in [-0.4, -0.2) is 51.3 Å². The summed E-state index contributed by atoms with van der Waals surface area (Å²) in [4.78, 5) is 23.1. The molecule has 1 aliphatic heterocycles. The Morgan fingerprint density at radius 1 is 1.18 bits per heavy atom. The molecule has 0 aliphatic carbocycles. The number of carbonyl (C=O) groups excluding carboxylic acids is 1. The Balaban J connectivity index is 1.50. The van der Waals surface area contributed by atoms with Crippen LogP contribution in [0, 0.1) is 5.82 Å². The highest BCUT2D eigenvalue weighted by Gasteiger charge is 2.33. The molecule has 0 saturated carbocycles. The van der Waals surface area contributed by atoms with E-state index in [0.717, 1.165) is 18.2 Å². The molecule has 1 amide bonds. The Hall–Kier alpha value is -3.93. The molecule has 8 nitrogen and oxygen atoms in total. The second-order valence-corrected chi connectivity index (χ2v) is 7.67. The van der Waals surface area contributed by atoms with Crippen molar-refractivity contribution in [3.05, 3.63) is 65.9 Å². The molecule has 1 saturated heterocycles. The van der Waals surface area contributed by atoms with Crippen molar-refractivity contribution in [2.45, 2.75) is 12.4 Å². The van der Waals surface area contributed by atoms with Gasteiger partial charge in [-0.1, -0.05) is 12.1 Å². The van der Waals surface area contributed by atoms with Crippen molar-refractivity contribution in [2.75, 3.05) is 25.5 Å². The van der Waals surface area contributed by atoms with Crippen LogP contribution in [0.1, 0.15) is 22.0 Å². The summed E-state index contributed by atoms with van der Waals surface area (Å²) in [5.41, 5.74) is 7.47. The lowest BCUT2D eigenvalue weighted by Crippen LogP contribution is -2.43. The Bertz CT molecular complexity index is 1390. The second kappa shape index (κ2) is 8.13. The van der Waals surface area contributed by atoms with E-state index in [-0.39, 0.29) is 42.4 Å². The van der Waals surface area contributed by atoms with Gasteiger partial charge < -0.3 is 20.1 Å². The number of nitrogen functional groups attached to an aromatic ring is 1. The zero-order chi connectivity index (χ0) is 24.0. The summed E-state index contributed by atoms with van der Waals surface area (Å²) in [6, 6.07) is 7.04. The van der Waals surface area contributed by atoms with E-state index >= 15 is 4.39 Å². The molecule has 0 radical (unpaired) electrons. The Morgan fingerprint density at radius 2 is 1.94 bits per heavy atom. The van der Waals surface area contributed by atoms with Gasteiger partial charge in [0.25, 0.3) is 5.91 Å². The SMILES string of the molecule is Nc1nc2cc(F)c(C(=O)N3CCOC[C@H]3c3ccc(OC(F)(F)F)cc3)cc2n2cncc12. The molecule has 0 bridgehead atoms. The Labute approximate surface area is 189 Å². The van der Waals surface area contributed by atoms with E-state index in [9.17, 15) is 18.0 Å². The average Bonchev–Trinajstić information content (AvgIpc) is 3.29. The molecular weight excluding hydrogens is 458 g/mol. The molecule has 5 rings (SSSR count). The molecule has 2 N–H and O–H groups in total. The van der Waals surface area contributed by atoms with Crippen LogP contribution in [0.4, 0.5) is 23.4 Å². The van der Waals surface area contributed by atoms with Gasteiger partial charge in [-0.05, 0) is 23.8 Å². The van der Waals surface area contributed by atoms with E-state index < -0.39 is 24.1 Å². The number of fused-ring (bicyclic) bond motifs is 3. The number of anilines is 1. The van der Waals surface area contributed by atoms with Gasteiger partial charge in [0.05, 0.1) is 48.4 Å². The molecule has 34 heavy (non-hydrogen) atoms. The fraction of sp³-hybridized carbons (Fsp3) is 0.227. The van der Waals surface area contributed by atoms with Gasteiger partial charge in [0.1, 0.15) is 22.9 Å². The number of morpholine rings is 1. The highest BCUT2D eigenvalue weighted by Crippen LogP contribution is 2.31. The summed E-state index contributed by atoms with van der Waals surface area (Å²) >= 11 is 0. The molecule has 12 heteroatoms. The number of aromatic nitrogens is 3. The average molecular weight is 475 g/mol. The molecule has 1 atom stereocenters. The van der Waals surface area contributed by atoms with Crippen LogP contribution in [0.25, 0.3) is 16.6 Å². The number of imidazole rings is 1. The van der Waals surface area contributed by atoms with Crippen LogP contribution in [0.2, 0.25) is 0 Å². The van der Waals surface area contributed by atoms with Crippen LogP contribution in [0.5, 0.6) is 5.75 Å². The number of hydrogen-bond donors (Lipinski definition) is 1. The highest BCUT2D eigenvalue weighted by atomic mass is 19.4. The third-order valence-corrected chi connectivity index (χ3v) is 5.58. The third-order valence-electron chi connectivity index (χ3n) is 5.58. The van der Waals surface area contributed by atoms with Gasteiger partial charge in [0.2, 0.25) is 0 Å². The number of amides is 1. The highest BCUT2D eigenvalue weighted by molar-refractivity contribution is 5.98. The summed E-state index contributed by atoms with van der Waals surface area (Å²) in [5.74, 6) is -1.58. The van der Waals surface area contributed by atoms with E-state index in [1.54, 1.807) is 4.40 Å². The number of alkyl halides is 3. The molecule has 2 aromatic carbocycles. The van der Waals surface area contributed by atoms with Crippen LogP contribution in [0.15, 0.2) is 48.9 Å². The van der Waals surface area contributed by atoms with E-state index in [1.165, 1.54) is 35.6 Å². The minimum Gasteiger partial charge on any atom is -0.406 e. The lowest BCUT2D eigenvalue weighted by Gasteiger charge is -2.36. The predicted octanol–water partition coefficient (Wildman–Crippen LogP) is 3.72. The monoisotopic (exact) mass is 475 g/mol. The quantitative estimate of drug-likeness (QED) is 0.454. The number of hydrogen-bond acceptors (Lipinski definition) is 6. The minimum absolute atomic E-state index is 0.101. The first-order chi connectivity index (χ1) is 16.2. The molecular formula is C22H17F4N5O3. The normalized spacial score (nSPS) is 16.8. The molecule has 2 aromatic heterocycles. The molecule has 1 fully saturated rings. The predicted molar refractivity (Wildman–Crippen MR) is 113 cm³/mol. The largest absolute Gasteiger partial charge is 0.573 e. The van der Waals surface area contributed by atoms with Gasteiger partial charge in [-0.15, -0.1) is 13.2 Å². The Kier molecular flexibility index (Phi) is 5.24. The standard InChI is InChI=1S/C22H17F4N5O3/c23-15-8-16-17(31-11-28-9-18(31)20(27)29-16)7-14(15)21(32)30-5-6-33-10-19(30)12-1-3-13(4-2-12)34-22(24,25)26/h1-4,7-9,11,19H,5-6,10H2,(H2,27,29)/t19-/m0/s1. The van der Waals surface area contributed by atoms with E-state index in [2.05, 4.69) is 14.7 Å². The van der Waals surface area contributed by atoms with Crippen LogP contribution in [0.3, 0.4) is 0 Å². The number of carbonyl (C=O) groups is 1. The van der Waals surface area contributed by atoms with Crippen molar-refractivity contribution in [1.82, 2.24) is 19.3 Å². The number of rotatable bonds is 3. The van der Waals surface area contributed by atoms with Gasteiger partial charge >= 0.3 is 6.36 Å². The fourth-order valence-electron chi connectivity index (χ4n) is 4.03. The van der Waals surface area contributed by atoms with E-state index in [1.807, 2.05) is 0 Å². The molecule has 176 valence electrons. The van der Waals surface area contributed by atoms with E-state index in [4.69, 9.17) is 10.5 Å². The fourth-order valence-corrected chi connectivity index (χ4v) is 4.03. The van der Waals surface area contributed by atoms with Crippen LogP contribution < -0.4 is 10.5 Å². The third kappa shape index (κ3) is 3.96. The zero-order valence-electron chi connectivity index (χ0n) is 17.4. The first-order valence-electron chi connectivity index (χ1n) is 10.2. The summed E-state index contributed by atoms with van der Waals surface area (Å²) < 4.78 is 63.4. The lowest BCUT2D eigenvalue weighted by molar-refractivity contribution is -0.274. The molecule has 0 spiro atoms. The maximum absolute atomic E-state index is 15.0.